The number of thiazole rings is 1. The number of halogens is 2. The van der Waals surface area contributed by atoms with Crippen LogP contribution < -0.4 is 4.90 Å². The lowest BCUT2D eigenvalue weighted by molar-refractivity contribution is 0.0147. The Labute approximate surface area is 231 Å². The summed E-state index contributed by atoms with van der Waals surface area (Å²) in [6.07, 6.45) is 5.30. The zero-order chi connectivity index (χ0) is 27.5. The summed E-state index contributed by atoms with van der Waals surface area (Å²) in [5.74, 6) is -1.60. The molecule has 1 N–H and O–H groups in total. The molecule has 2 atom stereocenters. The van der Waals surface area contributed by atoms with Gasteiger partial charge >= 0.3 is 5.97 Å². The first-order valence-electron chi connectivity index (χ1n) is 13.3. The minimum Gasteiger partial charge on any atom is -0.478 e. The van der Waals surface area contributed by atoms with E-state index < -0.39 is 17.6 Å². The molecule has 2 aliphatic heterocycles. The maximum atomic E-state index is 14.6. The molecule has 1 aliphatic carbocycles. The number of piperidine rings is 1. The molecule has 11 heteroatoms. The Balaban J connectivity index is 1.12. The number of aromatic nitrogens is 2. The number of fused-ring (bicyclic) bond motifs is 3. The van der Waals surface area contributed by atoms with Gasteiger partial charge in [0.2, 0.25) is 0 Å². The van der Waals surface area contributed by atoms with Crippen LogP contribution in [0, 0.1) is 23.0 Å². The van der Waals surface area contributed by atoms with Crippen LogP contribution in [0.4, 0.5) is 13.9 Å². The van der Waals surface area contributed by atoms with Crippen molar-refractivity contribution >= 4 is 32.7 Å². The van der Waals surface area contributed by atoms with E-state index in [1.165, 1.54) is 35.6 Å². The predicted molar refractivity (Wildman–Crippen MR) is 142 cm³/mol. The summed E-state index contributed by atoms with van der Waals surface area (Å²) >= 11 is 1.41. The maximum absolute atomic E-state index is 14.6. The van der Waals surface area contributed by atoms with Gasteiger partial charge in [-0.25, -0.2) is 18.6 Å². The number of hydrogen-bond donors (Lipinski definition) is 1. The van der Waals surface area contributed by atoms with Crippen LogP contribution in [0.5, 0.6) is 0 Å². The van der Waals surface area contributed by atoms with Crippen molar-refractivity contribution < 1.29 is 27.9 Å². The third kappa shape index (κ3) is 4.22. The standard InChI is InChI=1S/C29H24F2N4O4S/c30-21-2-1-3-22(31)24(21)26-20(27(39-34-26)14-4-5-14)13-38-19-10-17-6-7-18(11-19)35(17)29-33-25-16(12-32)8-15(28(36)37)9-23(25)40-29/h1-3,8-9,14,17-19H,4-7,10-11,13H2,(H,36,37). The normalized spacial score (nSPS) is 22.1. The van der Waals surface area contributed by atoms with Crippen molar-refractivity contribution in [3.8, 4) is 17.3 Å². The highest BCUT2D eigenvalue weighted by atomic mass is 32.1. The minimum atomic E-state index is -1.08. The summed E-state index contributed by atoms with van der Waals surface area (Å²) in [6.45, 7) is 0.160. The number of nitrogens with zero attached hydrogens (tertiary/aromatic N) is 4. The van der Waals surface area contributed by atoms with Crippen molar-refractivity contribution in [2.75, 3.05) is 4.90 Å². The Bertz CT molecular complexity index is 1660. The van der Waals surface area contributed by atoms with Crippen LogP contribution in [-0.4, -0.2) is 39.4 Å². The van der Waals surface area contributed by atoms with Crippen LogP contribution in [0.2, 0.25) is 0 Å². The molecule has 0 radical (unpaired) electrons. The number of ether oxygens (including phenoxy) is 1. The van der Waals surface area contributed by atoms with Gasteiger partial charge in [-0.1, -0.05) is 22.6 Å². The molecule has 2 aromatic carbocycles. The quantitative estimate of drug-likeness (QED) is 0.276. The van der Waals surface area contributed by atoms with E-state index in [1.54, 1.807) is 6.07 Å². The summed E-state index contributed by atoms with van der Waals surface area (Å²) in [5.41, 5.74) is 1.45. The van der Waals surface area contributed by atoms with Crippen LogP contribution in [0.1, 0.15) is 71.7 Å². The zero-order valence-corrected chi connectivity index (χ0v) is 22.1. The molecule has 3 fully saturated rings. The molecule has 8 nitrogen and oxygen atoms in total. The molecule has 204 valence electrons. The summed E-state index contributed by atoms with van der Waals surface area (Å²) in [4.78, 5) is 18.6. The van der Waals surface area contributed by atoms with Gasteiger partial charge in [-0.2, -0.15) is 5.26 Å². The molecule has 2 aromatic heterocycles. The molecule has 7 rings (SSSR count). The Morgan fingerprint density at radius 1 is 1.18 bits per heavy atom. The van der Waals surface area contributed by atoms with Crippen LogP contribution in [0.25, 0.3) is 21.5 Å². The highest BCUT2D eigenvalue weighted by Gasteiger charge is 2.43. The van der Waals surface area contributed by atoms with Gasteiger partial charge < -0.3 is 19.3 Å². The molecular weight excluding hydrogens is 538 g/mol. The number of nitriles is 1. The maximum Gasteiger partial charge on any atom is 0.335 e. The van der Waals surface area contributed by atoms with Gasteiger partial charge in [0.1, 0.15) is 34.7 Å². The lowest BCUT2D eigenvalue weighted by Gasteiger charge is -2.38. The van der Waals surface area contributed by atoms with Crippen molar-refractivity contribution in [2.45, 2.75) is 69.2 Å². The first kappa shape index (κ1) is 25.1. The lowest BCUT2D eigenvalue weighted by atomic mass is 10.00. The fraction of sp³-hybridized carbons (Fsp3) is 0.379. The van der Waals surface area contributed by atoms with Crippen molar-refractivity contribution in [2.24, 2.45) is 0 Å². The Hall–Kier alpha value is -3.88. The molecule has 2 saturated heterocycles. The summed E-state index contributed by atoms with van der Waals surface area (Å²) in [5, 5.41) is 23.8. The number of anilines is 1. The fourth-order valence-corrected chi connectivity index (χ4v) is 7.34. The highest BCUT2D eigenvalue weighted by Crippen LogP contribution is 2.46. The first-order valence-corrected chi connectivity index (χ1v) is 14.1. The van der Waals surface area contributed by atoms with Gasteiger partial charge in [-0.05, 0) is 62.8 Å². The van der Waals surface area contributed by atoms with Gasteiger partial charge in [0.25, 0.3) is 0 Å². The number of carboxylic acid groups (broad SMARTS) is 1. The SMILES string of the molecule is N#Cc1cc(C(=O)O)cc2sc(N3C4CCC3CC(OCc3c(-c5c(F)cccc5F)noc3C3CC3)C4)nc12. The third-order valence-corrected chi connectivity index (χ3v) is 9.21. The summed E-state index contributed by atoms with van der Waals surface area (Å²) in [6, 6.07) is 9.14. The second-order valence-electron chi connectivity index (χ2n) is 10.7. The van der Waals surface area contributed by atoms with E-state index in [2.05, 4.69) is 16.1 Å². The number of carboxylic acids is 1. The Kier molecular flexibility index (Phi) is 6.05. The fourth-order valence-electron chi connectivity index (χ4n) is 6.16. The molecule has 2 bridgehead atoms. The van der Waals surface area contributed by atoms with Crippen molar-refractivity contribution in [1.82, 2.24) is 10.1 Å². The van der Waals surface area contributed by atoms with E-state index >= 15 is 0 Å². The van der Waals surface area contributed by atoms with E-state index in [4.69, 9.17) is 14.2 Å². The summed E-state index contributed by atoms with van der Waals surface area (Å²) < 4.78 is 41.9. The van der Waals surface area contributed by atoms with Crippen LogP contribution >= 0.6 is 11.3 Å². The molecular formula is C29H24F2N4O4S. The van der Waals surface area contributed by atoms with Crippen molar-refractivity contribution in [3.05, 3.63) is 64.4 Å². The molecule has 40 heavy (non-hydrogen) atoms. The largest absolute Gasteiger partial charge is 0.478 e. The van der Waals surface area contributed by atoms with Gasteiger partial charge in [0.05, 0.1) is 34.1 Å². The number of rotatable bonds is 7. The van der Waals surface area contributed by atoms with Gasteiger partial charge in [-0.15, -0.1) is 0 Å². The molecule has 1 saturated carbocycles. The third-order valence-electron chi connectivity index (χ3n) is 8.19. The van der Waals surface area contributed by atoms with E-state index in [0.717, 1.165) is 43.7 Å². The van der Waals surface area contributed by atoms with Gasteiger partial charge in [0, 0.05) is 23.6 Å². The van der Waals surface area contributed by atoms with Gasteiger partial charge in [-0.3, -0.25) is 0 Å². The average molecular weight is 563 g/mol. The van der Waals surface area contributed by atoms with E-state index in [1.807, 2.05) is 0 Å². The molecule has 3 aliphatic rings. The predicted octanol–water partition coefficient (Wildman–Crippen LogP) is 6.39. The number of hydrogen-bond acceptors (Lipinski definition) is 8. The number of carbonyl (C=O) groups is 1. The first-order chi connectivity index (χ1) is 19.4. The molecule has 4 heterocycles. The topological polar surface area (TPSA) is 112 Å². The Morgan fingerprint density at radius 2 is 1.90 bits per heavy atom. The average Bonchev–Trinajstić information content (AvgIpc) is 3.46. The number of benzene rings is 2. The second-order valence-corrected chi connectivity index (χ2v) is 11.7. The highest BCUT2D eigenvalue weighted by molar-refractivity contribution is 7.22. The molecule has 0 amide bonds. The summed E-state index contributed by atoms with van der Waals surface area (Å²) in [7, 11) is 0. The van der Waals surface area contributed by atoms with E-state index in [9.17, 15) is 23.9 Å². The smallest absolute Gasteiger partial charge is 0.335 e. The second kappa shape index (κ2) is 9.64. The molecule has 0 spiro atoms. The van der Waals surface area contributed by atoms with Crippen molar-refractivity contribution in [3.63, 3.8) is 0 Å². The van der Waals surface area contributed by atoms with Gasteiger partial charge in [0.15, 0.2) is 5.13 Å². The van der Waals surface area contributed by atoms with Crippen molar-refractivity contribution in [1.29, 1.82) is 5.26 Å². The van der Waals surface area contributed by atoms with Crippen LogP contribution in [0.3, 0.4) is 0 Å². The minimum absolute atomic E-state index is 0.0586. The molecule has 4 aromatic rings. The number of aromatic carboxylic acids is 1. The van der Waals surface area contributed by atoms with E-state index in [0.29, 0.717) is 21.5 Å². The lowest BCUT2D eigenvalue weighted by Crippen LogP contribution is -2.45. The zero-order valence-electron chi connectivity index (χ0n) is 21.3. The molecule has 2 unspecified atom stereocenters. The van der Waals surface area contributed by atoms with E-state index in [-0.39, 0.29) is 53.1 Å². The van der Waals surface area contributed by atoms with Crippen LogP contribution in [-0.2, 0) is 11.3 Å². The monoisotopic (exact) mass is 562 g/mol. The van der Waals surface area contributed by atoms with Crippen LogP contribution in [0.15, 0.2) is 34.9 Å². The Morgan fingerprint density at radius 3 is 2.55 bits per heavy atom.